The lowest BCUT2D eigenvalue weighted by molar-refractivity contribution is -0.0318. The molecule has 0 radical (unpaired) electrons. The Bertz CT molecular complexity index is 390. The van der Waals surface area contributed by atoms with E-state index in [9.17, 15) is 0 Å². The van der Waals surface area contributed by atoms with Crippen molar-refractivity contribution in [2.75, 3.05) is 18.9 Å². The van der Waals surface area contributed by atoms with Crippen LogP contribution in [0.1, 0.15) is 24.3 Å². The van der Waals surface area contributed by atoms with Gasteiger partial charge in [0.2, 0.25) is 0 Å². The fourth-order valence-corrected chi connectivity index (χ4v) is 3.86. The van der Waals surface area contributed by atoms with Crippen LogP contribution in [0.2, 0.25) is 0 Å². The Morgan fingerprint density at radius 1 is 1.29 bits per heavy atom. The molecule has 0 bridgehead atoms. The van der Waals surface area contributed by atoms with Gasteiger partial charge in [-0.1, -0.05) is 18.2 Å². The summed E-state index contributed by atoms with van der Waals surface area (Å²) in [5.41, 5.74) is 7.10. The van der Waals surface area contributed by atoms with Gasteiger partial charge in [-0.3, -0.25) is 0 Å². The maximum Gasteiger partial charge on any atom is 0.0581 e. The van der Waals surface area contributed by atoms with Gasteiger partial charge < -0.3 is 10.5 Å². The smallest absolute Gasteiger partial charge is 0.0581 e. The summed E-state index contributed by atoms with van der Waals surface area (Å²) in [5, 5.41) is 0. The normalized spacial score (nSPS) is 31.0. The van der Waals surface area contributed by atoms with Crippen molar-refractivity contribution < 1.29 is 4.74 Å². The average molecular weight is 249 g/mol. The lowest BCUT2D eigenvalue weighted by Gasteiger charge is -2.34. The molecule has 1 atom stereocenters. The summed E-state index contributed by atoms with van der Waals surface area (Å²) >= 11 is 1.96. The van der Waals surface area contributed by atoms with Crippen LogP contribution in [-0.2, 0) is 4.74 Å². The first-order valence-electron chi connectivity index (χ1n) is 6.40. The third-order valence-corrected chi connectivity index (χ3v) is 5.11. The van der Waals surface area contributed by atoms with E-state index in [1.165, 1.54) is 16.2 Å². The van der Waals surface area contributed by atoms with Crippen LogP contribution in [0.4, 0.5) is 0 Å². The minimum atomic E-state index is 0.473. The highest BCUT2D eigenvalue weighted by Crippen LogP contribution is 2.40. The number of ether oxygens (including phenoxy) is 1. The van der Waals surface area contributed by atoms with Crippen LogP contribution in [0.5, 0.6) is 0 Å². The van der Waals surface area contributed by atoms with E-state index in [0.29, 0.717) is 17.9 Å². The third-order valence-electron chi connectivity index (χ3n) is 3.86. The maximum atomic E-state index is 5.98. The fourth-order valence-electron chi connectivity index (χ4n) is 2.62. The first kappa shape index (κ1) is 11.6. The second kappa shape index (κ2) is 5.01. The molecule has 3 rings (SSSR count). The summed E-state index contributed by atoms with van der Waals surface area (Å²) in [7, 11) is 0. The van der Waals surface area contributed by atoms with Crippen LogP contribution in [0.3, 0.4) is 0 Å². The number of rotatable bonds is 4. The Kier molecular flexibility index (Phi) is 3.41. The molecule has 92 valence electrons. The standard InChI is InChI=1S/C14H19NOS/c15-7-10-5-12(6-10)16-8-11-9-17-14-4-2-1-3-13(11)14/h1-4,10-12H,5-9,15H2. The van der Waals surface area contributed by atoms with Crippen LogP contribution in [0.15, 0.2) is 29.2 Å². The molecule has 2 aliphatic rings. The quantitative estimate of drug-likeness (QED) is 0.891. The van der Waals surface area contributed by atoms with E-state index in [1.807, 2.05) is 11.8 Å². The fraction of sp³-hybridized carbons (Fsp3) is 0.571. The predicted molar refractivity (Wildman–Crippen MR) is 71.4 cm³/mol. The summed E-state index contributed by atoms with van der Waals surface area (Å²) in [4.78, 5) is 1.44. The first-order chi connectivity index (χ1) is 8.36. The zero-order valence-electron chi connectivity index (χ0n) is 9.97. The molecule has 1 aliphatic carbocycles. The highest BCUT2D eigenvalue weighted by Gasteiger charge is 2.30. The molecular formula is C14H19NOS. The van der Waals surface area contributed by atoms with E-state index in [-0.39, 0.29) is 0 Å². The van der Waals surface area contributed by atoms with Crippen LogP contribution >= 0.6 is 11.8 Å². The van der Waals surface area contributed by atoms with Gasteiger partial charge in [-0.15, -0.1) is 11.8 Å². The highest BCUT2D eigenvalue weighted by atomic mass is 32.2. The van der Waals surface area contributed by atoms with E-state index in [0.717, 1.165) is 26.0 Å². The van der Waals surface area contributed by atoms with Gasteiger partial charge in [-0.25, -0.2) is 0 Å². The van der Waals surface area contributed by atoms with Crippen molar-refractivity contribution >= 4 is 11.8 Å². The van der Waals surface area contributed by atoms with E-state index in [2.05, 4.69) is 24.3 Å². The molecule has 0 spiro atoms. The third kappa shape index (κ3) is 2.37. The average Bonchev–Trinajstić information content (AvgIpc) is 2.71. The molecule has 2 N–H and O–H groups in total. The molecule has 1 aromatic rings. The van der Waals surface area contributed by atoms with E-state index in [1.54, 1.807) is 0 Å². The molecule has 0 saturated heterocycles. The highest BCUT2D eigenvalue weighted by molar-refractivity contribution is 7.99. The first-order valence-corrected chi connectivity index (χ1v) is 7.38. The predicted octanol–water partition coefficient (Wildman–Crippen LogP) is 2.63. The number of nitrogens with two attached hydrogens (primary N) is 1. The largest absolute Gasteiger partial charge is 0.378 e. The second-order valence-corrected chi connectivity index (χ2v) is 6.14. The molecule has 1 unspecified atom stereocenters. The number of hydrogen-bond acceptors (Lipinski definition) is 3. The molecule has 0 aromatic heterocycles. The second-order valence-electron chi connectivity index (χ2n) is 5.07. The summed E-state index contributed by atoms with van der Waals surface area (Å²) in [6.07, 6.45) is 2.80. The van der Waals surface area contributed by atoms with Crippen LogP contribution < -0.4 is 5.73 Å². The van der Waals surface area contributed by atoms with Crippen molar-refractivity contribution in [2.24, 2.45) is 11.7 Å². The lowest BCUT2D eigenvalue weighted by atomic mass is 9.82. The zero-order valence-corrected chi connectivity index (χ0v) is 10.8. The molecular weight excluding hydrogens is 230 g/mol. The van der Waals surface area contributed by atoms with Crippen LogP contribution in [0.25, 0.3) is 0 Å². The van der Waals surface area contributed by atoms with Gasteiger partial charge in [0.15, 0.2) is 0 Å². The Labute approximate surface area is 107 Å². The van der Waals surface area contributed by atoms with Gasteiger partial charge in [0, 0.05) is 16.6 Å². The summed E-state index contributed by atoms with van der Waals surface area (Å²) in [5.74, 6) is 2.48. The Morgan fingerprint density at radius 2 is 2.12 bits per heavy atom. The zero-order chi connectivity index (χ0) is 11.7. The molecule has 3 heteroatoms. The number of hydrogen-bond donors (Lipinski definition) is 1. The van der Waals surface area contributed by atoms with Crippen molar-refractivity contribution in [3.63, 3.8) is 0 Å². The van der Waals surface area contributed by atoms with Gasteiger partial charge in [-0.05, 0) is 36.9 Å². The summed E-state index contributed by atoms with van der Waals surface area (Å²) in [6, 6.07) is 8.71. The Balaban J connectivity index is 1.51. The van der Waals surface area contributed by atoms with E-state index >= 15 is 0 Å². The molecule has 1 aromatic carbocycles. The van der Waals surface area contributed by atoms with Crippen LogP contribution in [-0.4, -0.2) is 25.0 Å². The number of fused-ring (bicyclic) bond motifs is 1. The molecule has 0 amide bonds. The topological polar surface area (TPSA) is 35.2 Å². The van der Waals surface area contributed by atoms with Gasteiger partial charge >= 0.3 is 0 Å². The van der Waals surface area contributed by atoms with Gasteiger partial charge in [0.1, 0.15) is 0 Å². The van der Waals surface area contributed by atoms with Crippen LogP contribution in [0, 0.1) is 5.92 Å². The maximum absolute atomic E-state index is 5.98. The van der Waals surface area contributed by atoms with Crippen molar-refractivity contribution in [3.05, 3.63) is 29.8 Å². The molecule has 17 heavy (non-hydrogen) atoms. The Morgan fingerprint density at radius 3 is 2.94 bits per heavy atom. The number of benzene rings is 1. The van der Waals surface area contributed by atoms with Crippen molar-refractivity contribution in [3.8, 4) is 0 Å². The van der Waals surface area contributed by atoms with Gasteiger partial charge in [0.25, 0.3) is 0 Å². The minimum Gasteiger partial charge on any atom is -0.378 e. The Hall–Kier alpha value is -0.510. The monoisotopic (exact) mass is 249 g/mol. The molecule has 1 heterocycles. The molecule has 2 nitrogen and oxygen atoms in total. The van der Waals surface area contributed by atoms with Crippen molar-refractivity contribution in [1.82, 2.24) is 0 Å². The van der Waals surface area contributed by atoms with E-state index in [4.69, 9.17) is 10.5 Å². The lowest BCUT2D eigenvalue weighted by Crippen LogP contribution is -2.36. The van der Waals surface area contributed by atoms with E-state index < -0.39 is 0 Å². The molecule has 1 saturated carbocycles. The van der Waals surface area contributed by atoms with Crippen molar-refractivity contribution in [2.45, 2.75) is 29.8 Å². The molecule has 1 fully saturated rings. The van der Waals surface area contributed by atoms with Gasteiger partial charge in [-0.2, -0.15) is 0 Å². The van der Waals surface area contributed by atoms with Crippen molar-refractivity contribution in [1.29, 1.82) is 0 Å². The molecule has 1 aliphatic heterocycles. The SMILES string of the molecule is NCC1CC(OCC2CSc3ccccc32)C1. The summed E-state index contributed by atoms with van der Waals surface area (Å²) < 4.78 is 5.98. The minimum absolute atomic E-state index is 0.473. The van der Waals surface area contributed by atoms with Gasteiger partial charge in [0.05, 0.1) is 12.7 Å². The summed E-state index contributed by atoms with van der Waals surface area (Å²) in [6.45, 7) is 1.70. The number of thioether (sulfide) groups is 1.